The van der Waals surface area contributed by atoms with E-state index in [4.69, 9.17) is 9.94 Å². The Kier molecular flexibility index (Phi) is 6.20. The van der Waals surface area contributed by atoms with E-state index in [1.54, 1.807) is 6.92 Å². The highest BCUT2D eigenvalue weighted by Gasteiger charge is 2.44. The number of ether oxygens (including phenoxy) is 1. The van der Waals surface area contributed by atoms with Crippen LogP contribution in [0.3, 0.4) is 0 Å². The van der Waals surface area contributed by atoms with Crippen molar-refractivity contribution in [2.75, 3.05) is 13.2 Å². The smallest absolute Gasteiger partial charge is 0.263 e. The van der Waals surface area contributed by atoms with E-state index in [-0.39, 0.29) is 11.5 Å². The van der Waals surface area contributed by atoms with Gasteiger partial charge in [-0.25, -0.2) is 13.9 Å². The van der Waals surface area contributed by atoms with Crippen LogP contribution in [-0.4, -0.2) is 55.0 Å². The van der Waals surface area contributed by atoms with Gasteiger partial charge in [0.25, 0.3) is 5.91 Å². The van der Waals surface area contributed by atoms with Gasteiger partial charge in [-0.3, -0.25) is 14.8 Å². The van der Waals surface area contributed by atoms with E-state index < -0.39 is 40.5 Å². The fraction of sp³-hybridized carbons (Fsp3) is 0.375. The second kappa shape index (κ2) is 8.18. The summed E-state index contributed by atoms with van der Waals surface area (Å²) in [6.07, 6.45) is 0. The Bertz CT molecular complexity index is 841. The van der Waals surface area contributed by atoms with Crippen molar-refractivity contribution in [3.8, 4) is 17.6 Å². The van der Waals surface area contributed by atoms with Crippen LogP contribution in [-0.2, 0) is 19.6 Å². The Morgan fingerprint density at radius 1 is 1.42 bits per heavy atom. The lowest BCUT2D eigenvalue weighted by atomic mass is 10.1. The summed E-state index contributed by atoms with van der Waals surface area (Å²) in [6.45, 7) is 2.79. The molecular formula is C16H19N3O6S. The molecule has 0 saturated carbocycles. The van der Waals surface area contributed by atoms with Gasteiger partial charge in [0.1, 0.15) is 18.4 Å². The quantitative estimate of drug-likeness (QED) is 0.358. The summed E-state index contributed by atoms with van der Waals surface area (Å²) in [7, 11) is -4.16. The van der Waals surface area contributed by atoms with Crippen LogP contribution < -0.4 is 15.5 Å². The number of hydroxylamine groups is 1. The standard InChI is InChI=1S/C16H19N3O6S/c1-3-4-9-25-12-5-7-13(8-6-12)26(23,24)19-10-14(20)17-11(2)15(19)16(21)18-22/h5-8,11,15,22H,9-10H2,1-2H3,(H,17,20)(H,18,21). The van der Waals surface area contributed by atoms with Crippen LogP contribution in [0.15, 0.2) is 29.2 Å². The Morgan fingerprint density at radius 3 is 2.65 bits per heavy atom. The number of piperazine rings is 1. The number of carbonyl (C=O) groups is 2. The lowest BCUT2D eigenvalue weighted by Crippen LogP contribution is -2.65. The highest BCUT2D eigenvalue weighted by Crippen LogP contribution is 2.24. The van der Waals surface area contributed by atoms with Gasteiger partial charge in [0.2, 0.25) is 15.9 Å². The van der Waals surface area contributed by atoms with E-state index >= 15 is 0 Å². The molecule has 140 valence electrons. The number of nitrogens with one attached hydrogen (secondary N) is 2. The van der Waals surface area contributed by atoms with Crippen LogP contribution in [0.1, 0.15) is 13.8 Å². The minimum absolute atomic E-state index is 0.107. The Labute approximate surface area is 151 Å². The zero-order valence-corrected chi connectivity index (χ0v) is 15.0. The molecule has 2 amide bonds. The van der Waals surface area contributed by atoms with Crippen LogP contribution in [0.25, 0.3) is 0 Å². The van der Waals surface area contributed by atoms with Gasteiger partial charge in [-0.1, -0.05) is 5.92 Å². The largest absolute Gasteiger partial charge is 0.481 e. The van der Waals surface area contributed by atoms with Crippen LogP contribution >= 0.6 is 0 Å². The average molecular weight is 381 g/mol. The third-order valence-corrected chi connectivity index (χ3v) is 5.61. The molecule has 9 nitrogen and oxygen atoms in total. The normalized spacial score (nSPS) is 20.5. The Morgan fingerprint density at radius 2 is 2.08 bits per heavy atom. The number of hydrogen-bond donors (Lipinski definition) is 3. The molecule has 0 radical (unpaired) electrons. The number of rotatable bonds is 5. The van der Waals surface area contributed by atoms with Gasteiger partial charge >= 0.3 is 0 Å². The molecule has 1 aliphatic heterocycles. The second-order valence-corrected chi connectivity index (χ2v) is 7.40. The molecule has 0 spiro atoms. The van der Waals surface area contributed by atoms with Crippen molar-refractivity contribution in [2.24, 2.45) is 0 Å². The number of carbonyl (C=O) groups excluding carboxylic acids is 2. The molecule has 2 rings (SSSR count). The maximum Gasteiger partial charge on any atom is 0.263 e. The van der Waals surface area contributed by atoms with Gasteiger partial charge < -0.3 is 10.1 Å². The van der Waals surface area contributed by atoms with E-state index in [0.29, 0.717) is 5.75 Å². The maximum atomic E-state index is 12.9. The minimum atomic E-state index is -4.16. The summed E-state index contributed by atoms with van der Waals surface area (Å²) in [4.78, 5) is 23.6. The highest BCUT2D eigenvalue weighted by molar-refractivity contribution is 7.89. The molecule has 1 aliphatic rings. The van der Waals surface area contributed by atoms with Crippen molar-refractivity contribution in [3.63, 3.8) is 0 Å². The van der Waals surface area contributed by atoms with Crippen molar-refractivity contribution in [2.45, 2.75) is 30.8 Å². The third kappa shape index (κ3) is 4.13. The van der Waals surface area contributed by atoms with Crippen LogP contribution in [0.2, 0.25) is 0 Å². The molecule has 3 N–H and O–H groups in total. The van der Waals surface area contributed by atoms with Crippen molar-refractivity contribution >= 4 is 21.8 Å². The SMILES string of the molecule is CC#CCOc1ccc(S(=O)(=O)N2CC(=O)NC(C)C2C(=O)NO)cc1. The van der Waals surface area contributed by atoms with E-state index in [2.05, 4.69) is 17.2 Å². The predicted molar refractivity (Wildman–Crippen MR) is 90.6 cm³/mol. The molecule has 26 heavy (non-hydrogen) atoms. The molecule has 1 heterocycles. The second-order valence-electron chi connectivity index (χ2n) is 5.51. The van der Waals surface area contributed by atoms with Crippen LogP contribution in [0.4, 0.5) is 0 Å². The van der Waals surface area contributed by atoms with E-state index in [9.17, 15) is 18.0 Å². The fourth-order valence-electron chi connectivity index (χ4n) is 2.56. The molecule has 10 heteroatoms. The summed E-state index contributed by atoms with van der Waals surface area (Å²) in [5.41, 5.74) is 1.44. The third-order valence-electron chi connectivity index (χ3n) is 3.77. The van der Waals surface area contributed by atoms with Gasteiger partial charge in [-0.2, -0.15) is 4.31 Å². The monoisotopic (exact) mass is 381 g/mol. The Hall–Kier alpha value is -2.61. The number of benzene rings is 1. The number of amides is 2. The highest BCUT2D eigenvalue weighted by atomic mass is 32.2. The number of nitrogens with zero attached hydrogens (tertiary/aromatic N) is 1. The lowest BCUT2D eigenvalue weighted by Gasteiger charge is -2.37. The van der Waals surface area contributed by atoms with E-state index in [0.717, 1.165) is 4.31 Å². The van der Waals surface area contributed by atoms with Crippen molar-refractivity contribution in [1.82, 2.24) is 15.1 Å². The predicted octanol–water partition coefficient (Wildman–Crippen LogP) is -0.528. The summed E-state index contributed by atoms with van der Waals surface area (Å²) in [5, 5.41) is 11.4. The first-order valence-corrected chi connectivity index (χ1v) is 9.13. The molecule has 0 aliphatic carbocycles. The zero-order chi connectivity index (χ0) is 19.3. The molecule has 2 unspecified atom stereocenters. The zero-order valence-electron chi connectivity index (χ0n) is 14.2. The fourth-order valence-corrected chi connectivity index (χ4v) is 4.18. The van der Waals surface area contributed by atoms with Gasteiger partial charge in [0.15, 0.2) is 0 Å². The molecule has 0 bridgehead atoms. The topological polar surface area (TPSA) is 125 Å². The molecule has 1 saturated heterocycles. The van der Waals surface area contributed by atoms with Crippen molar-refractivity contribution in [1.29, 1.82) is 0 Å². The summed E-state index contributed by atoms with van der Waals surface area (Å²) >= 11 is 0. The first-order chi connectivity index (χ1) is 12.3. The number of hydrogen-bond acceptors (Lipinski definition) is 6. The first-order valence-electron chi connectivity index (χ1n) is 7.69. The van der Waals surface area contributed by atoms with E-state index in [1.807, 2.05) is 0 Å². The molecule has 2 atom stereocenters. The molecule has 0 aromatic heterocycles. The molecule has 1 aromatic rings. The first kappa shape index (κ1) is 19.7. The molecule has 1 aromatic carbocycles. The van der Waals surface area contributed by atoms with Crippen LogP contribution in [0, 0.1) is 11.8 Å². The van der Waals surface area contributed by atoms with Crippen molar-refractivity contribution in [3.05, 3.63) is 24.3 Å². The summed E-state index contributed by atoms with van der Waals surface area (Å²) < 4.78 is 31.9. The average Bonchev–Trinajstić information content (AvgIpc) is 2.61. The minimum Gasteiger partial charge on any atom is -0.481 e. The maximum absolute atomic E-state index is 12.9. The lowest BCUT2D eigenvalue weighted by molar-refractivity contribution is -0.137. The number of sulfonamides is 1. The van der Waals surface area contributed by atoms with Gasteiger partial charge in [-0.15, -0.1) is 5.92 Å². The van der Waals surface area contributed by atoms with Gasteiger partial charge in [0, 0.05) is 0 Å². The summed E-state index contributed by atoms with van der Waals surface area (Å²) in [5.74, 6) is 4.35. The molecular weight excluding hydrogens is 362 g/mol. The Balaban J connectivity index is 2.32. The van der Waals surface area contributed by atoms with E-state index in [1.165, 1.54) is 36.7 Å². The molecule has 1 fully saturated rings. The van der Waals surface area contributed by atoms with Gasteiger partial charge in [-0.05, 0) is 38.1 Å². The van der Waals surface area contributed by atoms with Gasteiger partial charge in [0.05, 0.1) is 17.5 Å². The van der Waals surface area contributed by atoms with Crippen LogP contribution in [0.5, 0.6) is 5.75 Å². The van der Waals surface area contributed by atoms with Crippen molar-refractivity contribution < 1.29 is 28.0 Å². The summed E-state index contributed by atoms with van der Waals surface area (Å²) in [6, 6.07) is 3.45.